The standard InChI is InChI=1S/C13H16N4O2/c14-5-10-3-1-2-4-12(10)19-8-13(18)16-7-11-6-15-9-17-11/h1-4,6,9H,5,7-8,14H2,(H,15,17)(H,16,18). The molecule has 2 aromatic rings. The molecule has 0 bridgehead atoms. The molecule has 1 amide bonds. The van der Waals surface area contributed by atoms with E-state index in [1.165, 1.54) is 0 Å². The van der Waals surface area contributed by atoms with Crippen molar-refractivity contribution < 1.29 is 9.53 Å². The number of H-pyrrole nitrogens is 1. The van der Waals surface area contributed by atoms with Crippen molar-refractivity contribution in [1.29, 1.82) is 0 Å². The molecule has 0 aliphatic heterocycles. The average Bonchev–Trinajstić information content (AvgIpc) is 2.96. The molecule has 1 aromatic carbocycles. The summed E-state index contributed by atoms with van der Waals surface area (Å²) in [7, 11) is 0. The first kappa shape index (κ1) is 13.1. The zero-order valence-electron chi connectivity index (χ0n) is 10.4. The van der Waals surface area contributed by atoms with Crippen LogP contribution in [0.25, 0.3) is 0 Å². The number of imidazole rings is 1. The lowest BCUT2D eigenvalue weighted by atomic mass is 10.2. The van der Waals surface area contributed by atoms with Crippen molar-refractivity contribution >= 4 is 5.91 Å². The Morgan fingerprint density at radius 3 is 3.00 bits per heavy atom. The van der Waals surface area contributed by atoms with Crippen LogP contribution in [0.4, 0.5) is 0 Å². The van der Waals surface area contributed by atoms with E-state index in [4.69, 9.17) is 10.5 Å². The molecule has 0 aliphatic rings. The normalized spacial score (nSPS) is 10.2. The lowest BCUT2D eigenvalue weighted by molar-refractivity contribution is -0.123. The van der Waals surface area contributed by atoms with Gasteiger partial charge in [0.25, 0.3) is 5.91 Å². The summed E-state index contributed by atoms with van der Waals surface area (Å²) >= 11 is 0. The molecule has 0 aliphatic carbocycles. The quantitative estimate of drug-likeness (QED) is 0.707. The highest BCUT2D eigenvalue weighted by Crippen LogP contribution is 2.16. The Labute approximate surface area is 111 Å². The summed E-state index contributed by atoms with van der Waals surface area (Å²) in [5.41, 5.74) is 7.31. The van der Waals surface area contributed by atoms with Crippen LogP contribution in [-0.4, -0.2) is 22.5 Å². The Hall–Kier alpha value is -2.34. The Kier molecular flexibility index (Phi) is 4.52. The molecule has 0 unspecified atom stereocenters. The predicted octanol–water partition coefficient (Wildman–Crippen LogP) is 0.564. The van der Waals surface area contributed by atoms with Gasteiger partial charge in [-0.25, -0.2) is 4.98 Å². The number of ether oxygens (including phenoxy) is 1. The molecule has 100 valence electrons. The number of aromatic amines is 1. The zero-order valence-corrected chi connectivity index (χ0v) is 10.4. The fourth-order valence-corrected chi connectivity index (χ4v) is 1.58. The van der Waals surface area contributed by atoms with Gasteiger partial charge in [0.05, 0.1) is 18.6 Å². The highest BCUT2D eigenvalue weighted by molar-refractivity contribution is 5.77. The number of nitrogens with zero attached hydrogens (tertiary/aromatic N) is 1. The summed E-state index contributed by atoms with van der Waals surface area (Å²) in [6.45, 7) is 0.748. The molecule has 19 heavy (non-hydrogen) atoms. The van der Waals surface area contributed by atoms with Crippen molar-refractivity contribution in [2.24, 2.45) is 5.73 Å². The number of carbonyl (C=O) groups is 1. The molecule has 0 atom stereocenters. The van der Waals surface area contributed by atoms with E-state index in [9.17, 15) is 4.79 Å². The van der Waals surface area contributed by atoms with E-state index in [2.05, 4.69) is 15.3 Å². The average molecular weight is 260 g/mol. The van der Waals surface area contributed by atoms with E-state index in [0.717, 1.165) is 11.3 Å². The molecule has 2 rings (SSSR count). The molecule has 0 saturated heterocycles. The molecular weight excluding hydrogens is 244 g/mol. The maximum atomic E-state index is 11.6. The van der Waals surface area contributed by atoms with E-state index >= 15 is 0 Å². The van der Waals surface area contributed by atoms with Crippen LogP contribution in [0.2, 0.25) is 0 Å². The van der Waals surface area contributed by atoms with E-state index in [0.29, 0.717) is 18.8 Å². The number of rotatable bonds is 6. The zero-order chi connectivity index (χ0) is 13.5. The van der Waals surface area contributed by atoms with Crippen LogP contribution >= 0.6 is 0 Å². The predicted molar refractivity (Wildman–Crippen MR) is 70.3 cm³/mol. The molecule has 6 heteroatoms. The molecule has 0 saturated carbocycles. The van der Waals surface area contributed by atoms with Crippen LogP contribution < -0.4 is 15.8 Å². The van der Waals surface area contributed by atoms with Crippen LogP contribution in [0.15, 0.2) is 36.8 Å². The third kappa shape index (κ3) is 3.82. The minimum atomic E-state index is -0.193. The molecule has 0 spiro atoms. The number of para-hydroxylation sites is 1. The molecule has 0 radical (unpaired) electrons. The summed E-state index contributed by atoms with van der Waals surface area (Å²) in [5, 5.41) is 2.73. The van der Waals surface area contributed by atoms with Gasteiger partial charge in [-0.15, -0.1) is 0 Å². The highest BCUT2D eigenvalue weighted by atomic mass is 16.5. The fraction of sp³-hybridized carbons (Fsp3) is 0.231. The lowest BCUT2D eigenvalue weighted by Gasteiger charge is -2.10. The first-order valence-electron chi connectivity index (χ1n) is 5.94. The van der Waals surface area contributed by atoms with Gasteiger partial charge in [-0.05, 0) is 6.07 Å². The van der Waals surface area contributed by atoms with Crippen molar-refractivity contribution in [3.05, 3.63) is 48.0 Å². The van der Waals surface area contributed by atoms with Gasteiger partial charge in [0.15, 0.2) is 6.61 Å². The summed E-state index contributed by atoms with van der Waals surface area (Å²) in [6.07, 6.45) is 3.22. The monoisotopic (exact) mass is 260 g/mol. The van der Waals surface area contributed by atoms with Gasteiger partial charge in [0, 0.05) is 18.3 Å². The van der Waals surface area contributed by atoms with Gasteiger partial charge in [-0.3, -0.25) is 4.79 Å². The molecular formula is C13H16N4O2. The fourth-order valence-electron chi connectivity index (χ4n) is 1.58. The van der Waals surface area contributed by atoms with Crippen LogP contribution in [0, 0.1) is 0 Å². The second-order valence-corrected chi connectivity index (χ2v) is 3.95. The largest absolute Gasteiger partial charge is 0.483 e. The summed E-state index contributed by atoms with van der Waals surface area (Å²) in [5.74, 6) is 0.447. The second kappa shape index (κ2) is 6.55. The molecule has 0 fully saturated rings. The number of nitrogens with one attached hydrogen (secondary N) is 2. The number of carbonyl (C=O) groups excluding carboxylic acids is 1. The van der Waals surface area contributed by atoms with Crippen LogP contribution in [-0.2, 0) is 17.9 Å². The third-order valence-electron chi connectivity index (χ3n) is 2.58. The number of nitrogens with two attached hydrogens (primary N) is 1. The summed E-state index contributed by atoms with van der Waals surface area (Å²) in [4.78, 5) is 18.4. The number of hydrogen-bond donors (Lipinski definition) is 3. The first-order chi connectivity index (χ1) is 9.29. The van der Waals surface area contributed by atoms with Crippen molar-refractivity contribution in [2.75, 3.05) is 6.61 Å². The Morgan fingerprint density at radius 2 is 2.26 bits per heavy atom. The molecule has 1 aromatic heterocycles. The van der Waals surface area contributed by atoms with Crippen LogP contribution in [0.1, 0.15) is 11.3 Å². The minimum absolute atomic E-state index is 0.0366. The van der Waals surface area contributed by atoms with Gasteiger partial charge in [0.1, 0.15) is 5.75 Å². The van der Waals surface area contributed by atoms with E-state index < -0.39 is 0 Å². The second-order valence-electron chi connectivity index (χ2n) is 3.95. The van der Waals surface area contributed by atoms with E-state index in [-0.39, 0.29) is 12.5 Å². The van der Waals surface area contributed by atoms with Crippen molar-refractivity contribution in [3.63, 3.8) is 0 Å². The molecule has 1 heterocycles. The third-order valence-corrected chi connectivity index (χ3v) is 2.58. The van der Waals surface area contributed by atoms with Crippen molar-refractivity contribution in [3.8, 4) is 5.75 Å². The van der Waals surface area contributed by atoms with E-state index in [1.807, 2.05) is 18.2 Å². The first-order valence-corrected chi connectivity index (χ1v) is 5.94. The lowest BCUT2D eigenvalue weighted by Crippen LogP contribution is -2.28. The maximum absolute atomic E-state index is 11.6. The van der Waals surface area contributed by atoms with Gasteiger partial charge in [0.2, 0.25) is 0 Å². The minimum Gasteiger partial charge on any atom is -0.483 e. The molecule has 6 nitrogen and oxygen atoms in total. The van der Waals surface area contributed by atoms with Crippen molar-refractivity contribution in [2.45, 2.75) is 13.1 Å². The molecule has 4 N–H and O–H groups in total. The SMILES string of the molecule is NCc1ccccc1OCC(=O)NCc1cnc[nH]1. The number of hydrogen-bond acceptors (Lipinski definition) is 4. The van der Waals surface area contributed by atoms with Gasteiger partial charge in [-0.2, -0.15) is 0 Å². The topological polar surface area (TPSA) is 93.0 Å². The Bertz CT molecular complexity index is 525. The van der Waals surface area contributed by atoms with Gasteiger partial charge < -0.3 is 20.8 Å². The van der Waals surface area contributed by atoms with Crippen molar-refractivity contribution in [1.82, 2.24) is 15.3 Å². The number of benzene rings is 1. The van der Waals surface area contributed by atoms with Gasteiger partial charge in [-0.1, -0.05) is 18.2 Å². The highest BCUT2D eigenvalue weighted by Gasteiger charge is 2.05. The maximum Gasteiger partial charge on any atom is 0.258 e. The smallest absolute Gasteiger partial charge is 0.258 e. The Balaban J connectivity index is 1.80. The number of aromatic nitrogens is 2. The summed E-state index contributed by atoms with van der Waals surface area (Å²) < 4.78 is 5.44. The Morgan fingerprint density at radius 1 is 1.42 bits per heavy atom. The van der Waals surface area contributed by atoms with Crippen LogP contribution in [0.5, 0.6) is 5.75 Å². The van der Waals surface area contributed by atoms with Gasteiger partial charge >= 0.3 is 0 Å². The number of amides is 1. The summed E-state index contributed by atoms with van der Waals surface area (Å²) in [6, 6.07) is 7.40. The van der Waals surface area contributed by atoms with E-state index in [1.54, 1.807) is 18.6 Å². The van der Waals surface area contributed by atoms with Crippen LogP contribution in [0.3, 0.4) is 0 Å².